The Labute approximate surface area is 155 Å². The van der Waals surface area contributed by atoms with E-state index in [9.17, 15) is 4.79 Å². The molecule has 0 unspecified atom stereocenters. The van der Waals surface area contributed by atoms with Gasteiger partial charge in [0, 0.05) is 30.2 Å². The first-order chi connectivity index (χ1) is 11.6. The molecule has 25 heavy (non-hydrogen) atoms. The molecule has 4 heteroatoms. The normalized spacial score (nSPS) is 26.4. The van der Waals surface area contributed by atoms with E-state index >= 15 is 0 Å². The topological polar surface area (TPSA) is 67.1 Å². The van der Waals surface area contributed by atoms with Gasteiger partial charge in [0.25, 0.3) is 0 Å². The lowest BCUT2D eigenvalue weighted by molar-refractivity contribution is -0.129. The maximum Gasteiger partial charge on any atom is 0.223 e. The molecular formula is C21H41N3O. The third kappa shape index (κ3) is 7.39. The molecular weight excluding hydrogens is 310 g/mol. The van der Waals surface area contributed by atoms with Crippen LogP contribution in [0.5, 0.6) is 0 Å². The van der Waals surface area contributed by atoms with Crippen LogP contribution in [0.1, 0.15) is 67.2 Å². The lowest BCUT2D eigenvalue weighted by atomic mass is 9.70. The van der Waals surface area contributed by atoms with E-state index in [1.807, 2.05) is 6.92 Å². The highest BCUT2D eigenvalue weighted by atomic mass is 16.1. The van der Waals surface area contributed by atoms with Gasteiger partial charge in [-0.2, -0.15) is 0 Å². The Balaban J connectivity index is 2.66. The van der Waals surface area contributed by atoms with Crippen LogP contribution in [0.15, 0.2) is 12.3 Å². The summed E-state index contributed by atoms with van der Waals surface area (Å²) < 4.78 is 0. The molecule has 1 fully saturated rings. The van der Waals surface area contributed by atoms with Crippen LogP contribution in [0.3, 0.4) is 0 Å². The van der Waals surface area contributed by atoms with Gasteiger partial charge in [0.15, 0.2) is 0 Å². The van der Waals surface area contributed by atoms with Crippen molar-refractivity contribution in [3.8, 4) is 0 Å². The van der Waals surface area contributed by atoms with E-state index in [4.69, 9.17) is 5.73 Å². The second kappa shape index (κ2) is 10.2. The molecule has 1 amide bonds. The molecule has 0 spiro atoms. The van der Waals surface area contributed by atoms with Crippen LogP contribution in [0, 0.1) is 29.6 Å². The fourth-order valence-corrected chi connectivity index (χ4v) is 4.01. The van der Waals surface area contributed by atoms with Crippen molar-refractivity contribution < 1.29 is 4.79 Å². The molecule has 0 aromatic carbocycles. The minimum absolute atomic E-state index is 0.0881. The van der Waals surface area contributed by atoms with Gasteiger partial charge in [0.1, 0.15) is 0 Å². The monoisotopic (exact) mass is 351 g/mol. The number of amides is 1. The molecule has 0 aliphatic heterocycles. The van der Waals surface area contributed by atoms with Crippen LogP contribution in [0.2, 0.25) is 0 Å². The number of hydrogen-bond acceptors (Lipinski definition) is 3. The third-order valence-corrected chi connectivity index (χ3v) is 5.58. The molecule has 0 saturated heterocycles. The second-order valence-corrected chi connectivity index (χ2v) is 8.96. The molecule has 4 N–H and O–H groups in total. The Kier molecular flexibility index (Phi) is 8.98. The number of rotatable bonds is 9. The molecule has 0 radical (unpaired) electrons. The molecule has 146 valence electrons. The molecule has 5 atom stereocenters. The van der Waals surface area contributed by atoms with Crippen molar-refractivity contribution in [2.45, 2.75) is 79.3 Å². The molecule has 0 aromatic rings. The summed E-state index contributed by atoms with van der Waals surface area (Å²) in [7, 11) is 0. The zero-order valence-corrected chi connectivity index (χ0v) is 17.3. The van der Waals surface area contributed by atoms with Gasteiger partial charge in [-0.3, -0.25) is 4.79 Å². The van der Waals surface area contributed by atoms with Crippen molar-refractivity contribution in [2.75, 3.05) is 6.54 Å². The number of carbonyl (C=O) groups is 1. The molecule has 4 nitrogen and oxygen atoms in total. The fourth-order valence-electron chi connectivity index (χ4n) is 4.01. The molecule has 1 saturated carbocycles. The summed E-state index contributed by atoms with van der Waals surface area (Å²) >= 11 is 0. The smallest absolute Gasteiger partial charge is 0.223 e. The Morgan fingerprint density at radius 1 is 1.20 bits per heavy atom. The van der Waals surface area contributed by atoms with Gasteiger partial charge >= 0.3 is 0 Å². The zero-order valence-electron chi connectivity index (χ0n) is 17.3. The lowest BCUT2D eigenvalue weighted by Crippen LogP contribution is -2.47. The summed E-state index contributed by atoms with van der Waals surface area (Å²) in [6.45, 7) is 17.7. The van der Waals surface area contributed by atoms with Crippen molar-refractivity contribution >= 4 is 5.91 Å². The van der Waals surface area contributed by atoms with Gasteiger partial charge in [-0.15, -0.1) is 0 Å². The first kappa shape index (κ1) is 22.0. The van der Waals surface area contributed by atoms with Crippen molar-refractivity contribution in [3.05, 3.63) is 12.3 Å². The highest BCUT2D eigenvalue weighted by Gasteiger charge is 2.35. The Hall–Kier alpha value is -1.03. The zero-order chi connectivity index (χ0) is 19.1. The predicted molar refractivity (Wildman–Crippen MR) is 107 cm³/mol. The van der Waals surface area contributed by atoms with E-state index in [0.29, 0.717) is 30.2 Å². The van der Waals surface area contributed by atoms with Gasteiger partial charge in [0.05, 0.1) is 0 Å². The minimum Gasteiger partial charge on any atom is -0.383 e. The van der Waals surface area contributed by atoms with Crippen LogP contribution in [0.4, 0.5) is 0 Å². The van der Waals surface area contributed by atoms with Crippen LogP contribution < -0.4 is 16.4 Å². The van der Waals surface area contributed by atoms with E-state index < -0.39 is 0 Å². The fraction of sp³-hybridized carbons (Fsp3) is 0.857. The van der Waals surface area contributed by atoms with Crippen LogP contribution >= 0.6 is 0 Å². The molecule has 1 aliphatic rings. The molecule has 1 rings (SSSR count). The van der Waals surface area contributed by atoms with Crippen LogP contribution in [0.25, 0.3) is 0 Å². The SMILES string of the molecule is C=C(N[C@H](CNC(=O)[C@@H]1C[C@H](C)CC[C@H]1C(C)C)CC(C)C)[C@@H](C)N. The first-order valence-corrected chi connectivity index (χ1v) is 10.1. The number of nitrogens with two attached hydrogens (primary N) is 1. The minimum atomic E-state index is -0.0881. The van der Waals surface area contributed by atoms with Gasteiger partial charge in [-0.05, 0) is 49.9 Å². The highest BCUT2D eigenvalue weighted by Crippen LogP contribution is 2.38. The molecule has 0 heterocycles. The largest absolute Gasteiger partial charge is 0.383 e. The summed E-state index contributed by atoms with van der Waals surface area (Å²) in [5, 5.41) is 6.64. The Bertz CT molecular complexity index is 431. The number of hydrogen-bond donors (Lipinski definition) is 3. The lowest BCUT2D eigenvalue weighted by Gasteiger charge is -2.36. The third-order valence-electron chi connectivity index (χ3n) is 5.58. The Morgan fingerprint density at radius 2 is 1.84 bits per heavy atom. The van der Waals surface area contributed by atoms with Crippen molar-refractivity contribution in [2.24, 2.45) is 35.3 Å². The van der Waals surface area contributed by atoms with E-state index in [2.05, 4.69) is 51.8 Å². The maximum atomic E-state index is 12.9. The van der Waals surface area contributed by atoms with Crippen molar-refractivity contribution in [1.29, 1.82) is 0 Å². The van der Waals surface area contributed by atoms with E-state index in [1.165, 1.54) is 12.8 Å². The van der Waals surface area contributed by atoms with Crippen molar-refractivity contribution in [1.82, 2.24) is 10.6 Å². The molecule has 0 aromatic heterocycles. The average Bonchev–Trinajstić information content (AvgIpc) is 2.51. The highest BCUT2D eigenvalue weighted by molar-refractivity contribution is 5.79. The quantitative estimate of drug-likeness (QED) is 0.594. The molecule has 1 aliphatic carbocycles. The van der Waals surface area contributed by atoms with E-state index in [1.54, 1.807) is 0 Å². The second-order valence-electron chi connectivity index (χ2n) is 8.96. The summed E-state index contributed by atoms with van der Waals surface area (Å²) in [4.78, 5) is 12.9. The first-order valence-electron chi connectivity index (χ1n) is 10.1. The van der Waals surface area contributed by atoms with Crippen LogP contribution in [-0.4, -0.2) is 24.5 Å². The molecule has 0 bridgehead atoms. The average molecular weight is 352 g/mol. The van der Waals surface area contributed by atoms with Crippen LogP contribution in [-0.2, 0) is 4.79 Å². The number of carbonyl (C=O) groups excluding carboxylic acids is 1. The maximum absolute atomic E-state index is 12.9. The standard InChI is InChI=1S/C21H41N3O/c1-13(2)10-18(24-17(7)16(6)22)12-23-21(25)20-11-15(5)8-9-19(20)14(3)4/h13-16,18-20,24H,7-12,22H2,1-6H3,(H,23,25)/t15-,16-,18+,19+,20-/m1/s1. The van der Waals surface area contributed by atoms with Gasteiger partial charge in [-0.1, -0.05) is 47.6 Å². The van der Waals surface area contributed by atoms with Crippen molar-refractivity contribution in [3.63, 3.8) is 0 Å². The van der Waals surface area contributed by atoms with Gasteiger partial charge in [-0.25, -0.2) is 0 Å². The van der Waals surface area contributed by atoms with Gasteiger partial charge < -0.3 is 16.4 Å². The van der Waals surface area contributed by atoms with E-state index in [-0.39, 0.29) is 23.9 Å². The number of nitrogens with one attached hydrogen (secondary N) is 2. The summed E-state index contributed by atoms with van der Waals surface area (Å²) in [5.41, 5.74) is 6.74. The Morgan fingerprint density at radius 3 is 2.36 bits per heavy atom. The van der Waals surface area contributed by atoms with Gasteiger partial charge in [0.2, 0.25) is 5.91 Å². The predicted octanol–water partition coefficient (Wildman–Crippen LogP) is 3.68. The van der Waals surface area contributed by atoms with E-state index in [0.717, 1.165) is 18.5 Å². The summed E-state index contributed by atoms with van der Waals surface area (Å²) in [6.07, 6.45) is 4.43. The summed E-state index contributed by atoms with van der Waals surface area (Å²) in [5.74, 6) is 2.64. The summed E-state index contributed by atoms with van der Waals surface area (Å²) in [6, 6.07) is 0.0934.